The summed E-state index contributed by atoms with van der Waals surface area (Å²) in [5, 5.41) is 0.539. The lowest BCUT2D eigenvalue weighted by molar-refractivity contribution is -0.0298. The van der Waals surface area contributed by atoms with E-state index in [1.54, 1.807) is 29.1 Å². The van der Waals surface area contributed by atoms with Gasteiger partial charge in [0.15, 0.2) is 5.65 Å². The van der Waals surface area contributed by atoms with E-state index in [1.807, 2.05) is 0 Å². The Kier molecular flexibility index (Phi) is 4.84. The Morgan fingerprint density at radius 2 is 2.04 bits per heavy atom. The van der Waals surface area contributed by atoms with Crippen molar-refractivity contribution in [3.8, 4) is 11.3 Å². The van der Waals surface area contributed by atoms with Crippen molar-refractivity contribution in [2.24, 2.45) is 0 Å². The van der Waals surface area contributed by atoms with Gasteiger partial charge in [-0.05, 0) is 37.5 Å². The minimum atomic E-state index is -3.64. The molecule has 0 spiro atoms. The minimum absolute atomic E-state index is 0.236. The van der Waals surface area contributed by atoms with Gasteiger partial charge in [-0.2, -0.15) is 4.98 Å². The molecule has 0 N–H and O–H groups in total. The van der Waals surface area contributed by atoms with Gasteiger partial charge in [0.25, 0.3) is 0 Å². The third-order valence-electron chi connectivity index (χ3n) is 4.38. The zero-order valence-corrected chi connectivity index (χ0v) is 16.7. The van der Waals surface area contributed by atoms with Gasteiger partial charge in [-0.25, -0.2) is 18.4 Å². The first kappa shape index (κ1) is 18.6. The molecule has 0 bridgehead atoms. The minimum Gasteiger partial charge on any atom is -0.358 e. The van der Waals surface area contributed by atoms with Gasteiger partial charge in [0, 0.05) is 23.4 Å². The summed E-state index contributed by atoms with van der Waals surface area (Å²) < 4.78 is 31.9. The molecule has 1 saturated heterocycles. The molecule has 1 aromatic carbocycles. The summed E-state index contributed by atoms with van der Waals surface area (Å²) in [5.41, 5.74) is 1.74. The Morgan fingerprint density at radius 1 is 1.22 bits per heavy atom. The number of nitrogens with zero attached hydrogens (tertiary/aromatic N) is 4. The fourth-order valence-corrected chi connectivity index (χ4v) is 4.09. The van der Waals surface area contributed by atoms with E-state index in [2.05, 4.69) is 15.0 Å². The monoisotopic (exact) mass is 426 g/mol. The number of fused-ring (bicyclic) bond motifs is 1. The standard InChI is InChI=1S/C17H16Cl2N4O3S/c1-27(24,25)17-21-14(11-6-5-10(18)8-12(11)19)15-16(22-17)23(9-20-15)13-4-2-3-7-26-13/h5-6,8-9,13H,2-4,7H2,1H3. The van der Waals surface area contributed by atoms with E-state index in [-0.39, 0.29) is 11.4 Å². The highest BCUT2D eigenvalue weighted by Gasteiger charge is 2.24. The molecule has 3 aromatic rings. The molecular weight excluding hydrogens is 411 g/mol. The lowest BCUT2D eigenvalue weighted by Gasteiger charge is -2.23. The molecule has 0 aliphatic carbocycles. The third kappa shape index (κ3) is 3.54. The maximum absolute atomic E-state index is 12.2. The maximum Gasteiger partial charge on any atom is 0.249 e. The molecule has 1 unspecified atom stereocenters. The molecule has 10 heteroatoms. The van der Waals surface area contributed by atoms with Crippen LogP contribution < -0.4 is 0 Å². The summed E-state index contributed by atoms with van der Waals surface area (Å²) in [6.07, 6.45) is 5.26. The molecule has 1 atom stereocenters. The normalized spacial score (nSPS) is 18.1. The van der Waals surface area contributed by atoms with Crippen LogP contribution in [0.2, 0.25) is 10.0 Å². The number of benzene rings is 1. The van der Waals surface area contributed by atoms with Gasteiger partial charge in [0.1, 0.15) is 17.4 Å². The summed E-state index contributed by atoms with van der Waals surface area (Å²) in [6, 6.07) is 4.93. The van der Waals surface area contributed by atoms with Crippen LogP contribution in [0.4, 0.5) is 0 Å². The predicted molar refractivity (Wildman–Crippen MR) is 103 cm³/mol. The van der Waals surface area contributed by atoms with Crippen molar-refractivity contribution in [1.82, 2.24) is 19.5 Å². The number of aromatic nitrogens is 4. The van der Waals surface area contributed by atoms with Crippen LogP contribution in [0.25, 0.3) is 22.4 Å². The van der Waals surface area contributed by atoms with Crippen LogP contribution in [-0.2, 0) is 14.6 Å². The van der Waals surface area contributed by atoms with E-state index < -0.39 is 9.84 Å². The van der Waals surface area contributed by atoms with Gasteiger partial charge in [0.05, 0.1) is 11.3 Å². The Bertz CT molecular complexity index is 1120. The molecule has 2 aromatic heterocycles. The number of imidazole rings is 1. The van der Waals surface area contributed by atoms with Gasteiger partial charge in [-0.1, -0.05) is 23.2 Å². The van der Waals surface area contributed by atoms with E-state index in [4.69, 9.17) is 27.9 Å². The van der Waals surface area contributed by atoms with Crippen molar-refractivity contribution in [2.45, 2.75) is 30.6 Å². The van der Waals surface area contributed by atoms with Crippen molar-refractivity contribution in [3.05, 3.63) is 34.6 Å². The molecule has 0 saturated carbocycles. The van der Waals surface area contributed by atoms with Gasteiger partial charge in [-0.15, -0.1) is 0 Å². The fraction of sp³-hybridized carbons (Fsp3) is 0.353. The largest absolute Gasteiger partial charge is 0.358 e. The molecule has 4 rings (SSSR count). The van der Waals surface area contributed by atoms with Crippen LogP contribution in [0.3, 0.4) is 0 Å². The van der Waals surface area contributed by atoms with Crippen molar-refractivity contribution in [1.29, 1.82) is 0 Å². The molecule has 0 amide bonds. The lowest BCUT2D eigenvalue weighted by atomic mass is 10.1. The highest BCUT2D eigenvalue weighted by molar-refractivity contribution is 7.90. The van der Waals surface area contributed by atoms with E-state index >= 15 is 0 Å². The summed E-state index contributed by atoms with van der Waals surface area (Å²) in [6.45, 7) is 0.643. The van der Waals surface area contributed by atoms with Crippen LogP contribution in [0.5, 0.6) is 0 Å². The number of rotatable bonds is 3. The van der Waals surface area contributed by atoms with E-state index in [9.17, 15) is 8.42 Å². The smallest absolute Gasteiger partial charge is 0.249 e. The second-order valence-corrected chi connectivity index (χ2v) is 9.15. The molecule has 27 heavy (non-hydrogen) atoms. The van der Waals surface area contributed by atoms with Crippen molar-refractivity contribution in [3.63, 3.8) is 0 Å². The Labute approximate surface area is 166 Å². The number of sulfone groups is 1. The molecule has 1 fully saturated rings. The molecule has 142 valence electrons. The van der Waals surface area contributed by atoms with Crippen molar-refractivity contribution >= 4 is 44.2 Å². The van der Waals surface area contributed by atoms with Gasteiger partial charge < -0.3 is 4.74 Å². The number of hydrogen-bond donors (Lipinski definition) is 0. The second-order valence-electron chi connectivity index (χ2n) is 6.40. The van der Waals surface area contributed by atoms with Crippen LogP contribution in [0.1, 0.15) is 25.5 Å². The topological polar surface area (TPSA) is 87.0 Å². The average molecular weight is 427 g/mol. The predicted octanol–water partition coefficient (Wildman–Crippen LogP) is 3.90. The van der Waals surface area contributed by atoms with Gasteiger partial charge in [-0.3, -0.25) is 4.57 Å². The van der Waals surface area contributed by atoms with Crippen molar-refractivity contribution < 1.29 is 13.2 Å². The Morgan fingerprint density at radius 3 is 2.70 bits per heavy atom. The molecule has 3 heterocycles. The summed E-state index contributed by atoms with van der Waals surface area (Å²) in [4.78, 5) is 12.9. The number of hydrogen-bond acceptors (Lipinski definition) is 6. The summed E-state index contributed by atoms with van der Waals surface area (Å²) in [5.74, 6) is 0. The molecular formula is C17H16Cl2N4O3S. The van der Waals surface area contributed by atoms with Gasteiger partial charge >= 0.3 is 0 Å². The quantitative estimate of drug-likeness (QED) is 0.590. The first-order chi connectivity index (χ1) is 12.8. The maximum atomic E-state index is 12.2. The molecule has 7 nitrogen and oxygen atoms in total. The van der Waals surface area contributed by atoms with Crippen LogP contribution in [-0.4, -0.2) is 40.8 Å². The Balaban J connectivity index is 1.99. The highest BCUT2D eigenvalue weighted by atomic mass is 35.5. The van der Waals surface area contributed by atoms with Gasteiger partial charge in [0.2, 0.25) is 15.0 Å². The zero-order chi connectivity index (χ0) is 19.2. The lowest BCUT2D eigenvalue weighted by Crippen LogP contribution is -2.18. The molecule has 0 radical (unpaired) electrons. The van der Waals surface area contributed by atoms with E-state index in [0.29, 0.717) is 39.1 Å². The number of ether oxygens (including phenoxy) is 1. The van der Waals surface area contributed by atoms with Crippen LogP contribution in [0.15, 0.2) is 29.7 Å². The van der Waals surface area contributed by atoms with Crippen LogP contribution >= 0.6 is 23.2 Å². The molecule has 1 aliphatic rings. The van der Waals surface area contributed by atoms with Crippen molar-refractivity contribution in [2.75, 3.05) is 12.9 Å². The average Bonchev–Trinajstić information content (AvgIpc) is 3.05. The summed E-state index contributed by atoms with van der Waals surface area (Å²) in [7, 11) is -3.64. The SMILES string of the molecule is CS(=O)(=O)c1nc(-c2ccc(Cl)cc2Cl)c2ncn(C3CCCCO3)c2n1. The van der Waals surface area contributed by atoms with Crippen LogP contribution in [0, 0.1) is 0 Å². The van der Waals surface area contributed by atoms with E-state index in [0.717, 1.165) is 25.5 Å². The summed E-state index contributed by atoms with van der Waals surface area (Å²) >= 11 is 12.3. The third-order valence-corrected chi connectivity index (χ3v) is 5.78. The first-order valence-electron chi connectivity index (χ1n) is 8.36. The Hall–Kier alpha value is -1.74. The van der Waals surface area contributed by atoms with E-state index in [1.165, 1.54) is 0 Å². The highest BCUT2D eigenvalue weighted by Crippen LogP contribution is 2.35. The zero-order valence-electron chi connectivity index (χ0n) is 14.4. The molecule has 1 aliphatic heterocycles. The number of halogens is 2. The fourth-order valence-electron chi connectivity index (χ4n) is 3.09. The first-order valence-corrected chi connectivity index (χ1v) is 11.0. The second kappa shape index (κ2) is 7.01.